The van der Waals surface area contributed by atoms with Gasteiger partial charge in [0.25, 0.3) is 5.91 Å². The van der Waals surface area contributed by atoms with Crippen LogP contribution in [0.4, 0.5) is 0 Å². The zero-order valence-corrected chi connectivity index (χ0v) is 19.0. The van der Waals surface area contributed by atoms with Crippen LogP contribution >= 0.6 is 23.2 Å². The summed E-state index contributed by atoms with van der Waals surface area (Å²) in [6, 6.07) is 10.6. The first kappa shape index (κ1) is 24.2. The maximum absolute atomic E-state index is 12.1. The highest BCUT2D eigenvalue weighted by Crippen LogP contribution is 2.30. The van der Waals surface area contributed by atoms with Crippen LogP contribution < -0.4 is 5.32 Å². The lowest BCUT2D eigenvalue weighted by Gasteiger charge is -2.19. The molecule has 9 heteroatoms. The predicted octanol–water partition coefficient (Wildman–Crippen LogP) is 4.25. The fourth-order valence-corrected chi connectivity index (χ4v) is 4.08. The zero-order chi connectivity index (χ0) is 22.3. The average molecular weight is 472 g/mol. The van der Waals surface area contributed by atoms with Crippen LogP contribution in [0.5, 0.6) is 0 Å². The summed E-state index contributed by atoms with van der Waals surface area (Å²) in [5, 5.41) is 3.84. The third-order valence-electron chi connectivity index (χ3n) is 4.44. The van der Waals surface area contributed by atoms with Crippen molar-refractivity contribution in [1.29, 1.82) is 0 Å². The molecule has 1 amide bonds. The highest BCUT2D eigenvalue weighted by molar-refractivity contribution is 7.90. The Bertz CT molecular complexity index is 1010. The molecule has 0 spiro atoms. The standard InChI is InChI=1S/C21H23Cl2NO5S/c1-3-4-15(18-10-7-16(22)11-19(18)23)12-24-20(25)13-29-21(26)14-5-8-17(9-6-14)30(2,27)28/h5-11,15H,3-4,12-13H2,1-2H3,(H,24,25). The second-order valence-electron chi connectivity index (χ2n) is 6.83. The molecule has 0 fully saturated rings. The monoisotopic (exact) mass is 471 g/mol. The molecule has 0 aliphatic carbocycles. The van der Waals surface area contributed by atoms with E-state index in [1.54, 1.807) is 12.1 Å². The SMILES string of the molecule is CCCC(CNC(=O)COC(=O)c1ccc(S(C)(=O)=O)cc1)c1ccc(Cl)cc1Cl. The van der Waals surface area contributed by atoms with Gasteiger partial charge in [0.2, 0.25) is 0 Å². The summed E-state index contributed by atoms with van der Waals surface area (Å²) in [6.07, 6.45) is 2.79. The van der Waals surface area contributed by atoms with Gasteiger partial charge in [0.15, 0.2) is 16.4 Å². The van der Waals surface area contributed by atoms with Gasteiger partial charge in [-0.25, -0.2) is 13.2 Å². The number of esters is 1. The second-order valence-corrected chi connectivity index (χ2v) is 9.69. The Hall–Kier alpha value is -2.09. The van der Waals surface area contributed by atoms with Gasteiger partial charge in [0, 0.05) is 28.8 Å². The summed E-state index contributed by atoms with van der Waals surface area (Å²) in [5.41, 5.74) is 1.05. The van der Waals surface area contributed by atoms with Gasteiger partial charge < -0.3 is 10.1 Å². The lowest BCUT2D eigenvalue weighted by molar-refractivity contribution is -0.124. The second kappa shape index (κ2) is 10.8. The van der Waals surface area contributed by atoms with Gasteiger partial charge in [0.1, 0.15) is 0 Å². The van der Waals surface area contributed by atoms with Gasteiger partial charge in [-0.15, -0.1) is 0 Å². The van der Waals surface area contributed by atoms with E-state index in [4.69, 9.17) is 27.9 Å². The van der Waals surface area contributed by atoms with E-state index in [2.05, 4.69) is 5.32 Å². The molecule has 1 N–H and O–H groups in total. The van der Waals surface area contributed by atoms with Crippen molar-refractivity contribution >= 4 is 44.9 Å². The number of hydrogen-bond acceptors (Lipinski definition) is 5. The molecule has 0 saturated carbocycles. The summed E-state index contributed by atoms with van der Waals surface area (Å²) in [5.74, 6) is -1.15. The normalized spacial score (nSPS) is 12.3. The summed E-state index contributed by atoms with van der Waals surface area (Å²) in [6.45, 7) is 1.93. The molecule has 0 aromatic heterocycles. The van der Waals surface area contributed by atoms with Gasteiger partial charge in [-0.3, -0.25) is 4.79 Å². The largest absolute Gasteiger partial charge is 0.452 e. The molecule has 1 unspecified atom stereocenters. The Morgan fingerprint density at radius 1 is 1.10 bits per heavy atom. The van der Waals surface area contributed by atoms with Crippen molar-refractivity contribution in [2.45, 2.75) is 30.6 Å². The third kappa shape index (κ3) is 7.00. The topological polar surface area (TPSA) is 89.5 Å². The number of halogens is 2. The van der Waals surface area contributed by atoms with E-state index < -0.39 is 28.3 Å². The molecule has 2 aromatic rings. The third-order valence-corrected chi connectivity index (χ3v) is 6.13. The number of benzene rings is 2. The summed E-state index contributed by atoms with van der Waals surface area (Å²) >= 11 is 12.2. The smallest absolute Gasteiger partial charge is 0.338 e. The minimum atomic E-state index is -3.35. The molecule has 1 atom stereocenters. The molecule has 0 heterocycles. The highest BCUT2D eigenvalue weighted by atomic mass is 35.5. The Labute approximate surface area is 186 Å². The number of ether oxygens (including phenoxy) is 1. The van der Waals surface area contributed by atoms with Crippen molar-refractivity contribution in [3.05, 3.63) is 63.6 Å². The van der Waals surface area contributed by atoms with Crippen LogP contribution in [-0.2, 0) is 19.4 Å². The maximum Gasteiger partial charge on any atom is 0.338 e. The Morgan fingerprint density at radius 3 is 2.33 bits per heavy atom. The van der Waals surface area contributed by atoms with E-state index in [0.29, 0.717) is 16.6 Å². The van der Waals surface area contributed by atoms with Crippen LogP contribution in [0.2, 0.25) is 10.0 Å². The maximum atomic E-state index is 12.1. The van der Waals surface area contributed by atoms with Gasteiger partial charge in [-0.2, -0.15) is 0 Å². The van der Waals surface area contributed by atoms with Crippen LogP contribution in [0.3, 0.4) is 0 Å². The van der Waals surface area contributed by atoms with Crippen LogP contribution in [0.1, 0.15) is 41.6 Å². The minimum absolute atomic E-state index is 0.00274. The van der Waals surface area contributed by atoms with Crippen molar-refractivity contribution in [3.8, 4) is 0 Å². The fraction of sp³-hybridized carbons (Fsp3) is 0.333. The molecule has 0 radical (unpaired) electrons. The molecule has 162 valence electrons. The van der Waals surface area contributed by atoms with Crippen LogP contribution in [0.15, 0.2) is 47.4 Å². The van der Waals surface area contributed by atoms with Gasteiger partial charge in [-0.1, -0.05) is 42.6 Å². The zero-order valence-electron chi connectivity index (χ0n) is 16.7. The summed E-state index contributed by atoms with van der Waals surface area (Å²) in [7, 11) is -3.35. The molecule has 0 aliphatic rings. The summed E-state index contributed by atoms with van der Waals surface area (Å²) < 4.78 is 27.9. The predicted molar refractivity (Wildman–Crippen MR) is 117 cm³/mol. The van der Waals surface area contributed by atoms with Crippen LogP contribution in [0, 0.1) is 0 Å². The summed E-state index contributed by atoms with van der Waals surface area (Å²) in [4.78, 5) is 24.3. The first-order chi connectivity index (χ1) is 14.1. The van der Waals surface area contributed by atoms with Gasteiger partial charge >= 0.3 is 5.97 Å². The Balaban J connectivity index is 1.90. The molecule has 0 bridgehead atoms. The van der Waals surface area contributed by atoms with Crippen molar-refractivity contribution < 1.29 is 22.7 Å². The number of hydrogen-bond donors (Lipinski definition) is 1. The van der Waals surface area contributed by atoms with Crippen molar-refractivity contribution in [2.24, 2.45) is 0 Å². The van der Waals surface area contributed by atoms with Crippen LogP contribution in [-0.4, -0.2) is 39.7 Å². The van der Waals surface area contributed by atoms with Gasteiger partial charge in [0.05, 0.1) is 10.5 Å². The number of rotatable bonds is 9. The molecule has 0 aliphatic heterocycles. The van der Waals surface area contributed by atoms with Crippen molar-refractivity contribution in [3.63, 3.8) is 0 Å². The molecule has 2 rings (SSSR count). The number of amides is 1. The van der Waals surface area contributed by atoms with Crippen LogP contribution in [0.25, 0.3) is 0 Å². The highest BCUT2D eigenvalue weighted by Gasteiger charge is 2.17. The molecular formula is C21H23Cl2NO5S. The van der Waals surface area contributed by atoms with Gasteiger partial charge in [-0.05, 0) is 48.4 Å². The minimum Gasteiger partial charge on any atom is -0.452 e. The number of sulfone groups is 1. The van der Waals surface area contributed by atoms with E-state index in [0.717, 1.165) is 24.7 Å². The molecular weight excluding hydrogens is 449 g/mol. The first-order valence-electron chi connectivity index (χ1n) is 9.30. The van der Waals surface area contributed by atoms with E-state index in [1.165, 1.54) is 24.3 Å². The number of carbonyl (C=O) groups excluding carboxylic acids is 2. The van der Waals surface area contributed by atoms with Crippen molar-refractivity contribution in [1.82, 2.24) is 5.32 Å². The van der Waals surface area contributed by atoms with E-state index in [1.807, 2.05) is 13.0 Å². The van der Waals surface area contributed by atoms with E-state index in [-0.39, 0.29) is 16.4 Å². The van der Waals surface area contributed by atoms with Crippen molar-refractivity contribution in [2.75, 3.05) is 19.4 Å². The molecule has 6 nitrogen and oxygen atoms in total. The Morgan fingerprint density at radius 2 is 1.77 bits per heavy atom. The first-order valence-corrected chi connectivity index (χ1v) is 12.0. The van der Waals surface area contributed by atoms with E-state index >= 15 is 0 Å². The van der Waals surface area contributed by atoms with E-state index in [9.17, 15) is 18.0 Å². The average Bonchev–Trinajstić information content (AvgIpc) is 2.69. The fourth-order valence-electron chi connectivity index (χ4n) is 2.89. The Kier molecular flexibility index (Phi) is 8.70. The lowest BCUT2D eigenvalue weighted by atomic mass is 9.94. The lowest BCUT2D eigenvalue weighted by Crippen LogP contribution is -2.32. The quantitative estimate of drug-likeness (QED) is 0.551. The molecule has 30 heavy (non-hydrogen) atoms. The molecule has 2 aromatic carbocycles. The number of nitrogens with one attached hydrogen (secondary N) is 1. The molecule has 0 saturated heterocycles. The number of carbonyl (C=O) groups is 2.